The summed E-state index contributed by atoms with van der Waals surface area (Å²) in [5.74, 6) is 1.55. The molecule has 4 rings (SSSR count). The molecule has 5 nitrogen and oxygen atoms in total. The lowest BCUT2D eigenvalue weighted by Gasteiger charge is -2.06. The van der Waals surface area contributed by atoms with E-state index in [0.717, 1.165) is 41.4 Å². The second-order valence-corrected chi connectivity index (χ2v) is 7.63. The highest BCUT2D eigenvalue weighted by Crippen LogP contribution is 2.33. The molecule has 2 heterocycles. The lowest BCUT2D eigenvalue weighted by molar-refractivity contribution is 0.317. The van der Waals surface area contributed by atoms with Crippen molar-refractivity contribution in [3.05, 3.63) is 52.6 Å². The molecular formula is C22H21Cl2N3O2. The van der Waals surface area contributed by atoms with Gasteiger partial charge in [-0.2, -0.15) is 4.98 Å². The molecule has 0 saturated carbocycles. The van der Waals surface area contributed by atoms with Crippen LogP contribution in [0.4, 0.5) is 0 Å². The van der Waals surface area contributed by atoms with E-state index in [0.29, 0.717) is 34.1 Å². The van der Waals surface area contributed by atoms with Crippen molar-refractivity contribution in [2.45, 2.75) is 33.2 Å². The molecule has 29 heavy (non-hydrogen) atoms. The number of hydrogen-bond acceptors (Lipinski definition) is 4. The van der Waals surface area contributed by atoms with Gasteiger partial charge in [-0.25, -0.2) is 0 Å². The van der Waals surface area contributed by atoms with Crippen LogP contribution in [0.1, 0.15) is 26.7 Å². The highest BCUT2D eigenvalue weighted by atomic mass is 35.5. The van der Waals surface area contributed by atoms with Crippen LogP contribution in [-0.4, -0.2) is 21.3 Å². The van der Waals surface area contributed by atoms with Crippen LogP contribution in [0.15, 0.2) is 47.1 Å². The monoisotopic (exact) mass is 429 g/mol. The molecule has 2 aromatic carbocycles. The van der Waals surface area contributed by atoms with Gasteiger partial charge in [-0.15, -0.1) is 0 Å². The third kappa shape index (κ3) is 3.98. The van der Waals surface area contributed by atoms with Crippen LogP contribution in [-0.2, 0) is 6.54 Å². The Kier molecular flexibility index (Phi) is 5.79. The molecule has 2 aromatic heterocycles. The summed E-state index contributed by atoms with van der Waals surface area (Å²) in [6, 6.07) is 11.5. The van der Waals surface area contributed by atoms with E-state index in [-0.39, 0.29) is 0 Å². The molecule has 0 fully saturated rings. The number of aromatic nitrogens is 3. The van der Waals surface area contributed by atoms with E-state index in [4.69, 9.17) is 32.5 Å². The fourth-order valence-corrected chi connectivity index (χ4v) is 3.74. The fourth-order valence-electron chi connectivity index (χ4n) is 3.24. The molecule has 0 aliphatic rings. The summed E-state index contributed by atoms with van der Waals surface area (Å²) in [6.45, 7) is 5.73. The minimum atomic E-state index is 0.402. The zero-order chi connectivity index (χ0) is 20.4. The summed E-state index contributed by atoms with van der Waals surface area (Å²) in [7, 11) is 0. The Labute approximate surface area is 179 Å². The van der Waals surface area contributed by atoms with Crippen LogP contribution < -0.4 is 4.74 Å². The SMILES string of the molecule is CCCOc1ccc(-c2nc(-c3ccc4c(c3)c(Cl)cn4CCC)no2)cc1Cl. The molecule has 4 aromatic rings. The highest BCUT2D eigenvalue weighted by molar-refractivity contribution is 6.35. The van der Waals surface area contributed by atoms with E-state index >= 15 is 0 Å². The normalized spacial score (nSPS) is 11.3. The van der Waals surface area contributed by atoms with Crippen molar-refractivity contribution in [2.24, 2.45) is 0 Å². The van der Waals surface area contributed by atoms with Gasteiger partial charge in [0, 0.05) is 34.8 Å². The second kappa shape index (κ2) is 8.47. The number of ether oxygens (including phenoxy) is 1. The highest BCUT2D eigenvalue weighted by Gasteiger charge is 2.15. The standard InChI is InChI=1S/C22H21Cl2N3O2/c1-3-9-27-13-18(24)16-11-14(5-7-19(16)27)21-25-22(29-26-21)15-6-8-20(17(23)12-15)28-10-4-2/h5-8,11-13H,3-4,9-10H2,1-2H3. The van der Waals surface area contributed by atoms with Crippen molar-refractivity contribution in [1.82, 2.24) is 14.7 Å². The molecule has 0 bridgehead atoms. The zero-order valence-corrected chi connectivity index (χ0v) is 17.8. The van der Waals surface area contributed by atoms with Gasteiger partial charge >= 0.3 is 0 Å². The van der Waals surface area contributed by atoms with E-state index < -0.39 is 0 Å². The van der Waals surface area contributed by atoms with Crippen LogP contribution in [0.2, 0.25) is 10.0 Å². The van der Waals surface area contributed by atoms with Crippen molar-refractivity contribution in [3.8, 4) is 28.6 Å². The van der Waals surface area contributed by atoms with Crippen molar-refractivity contribution in [1.29, 1.82) is 0 Å². The largest absolute Gasteiger partial charge is 0.492 e. The summed E-state index contributed by atoms with van der Waals surface area (Å²) in [5.41, 5.74) is 2.68. The smallest absolute Gasteiger partial charge is 0.258 e. The first-order valence-electron chi connectivity index (χ1n) is 9.66. The first kappa shape index (κ1) is 19.8. The Balaban J connectivity index is 1.64. The van der Waals surface area contributed by atoms with Crippen LogP contribution in [0, 0.1) is 0 Å². The first-order chi connectivity index (χ1) is 14.1. The second-order valence-electron chi connectivity index (χ2n) is 6.82. The maximum absolute atomic E-state index is 6.43. The zero-order valence-electron chi connectivity index (χ0n) is 16.3. The van der Waals surface area contributed by atoms with E-state index in [2.05, 4.69) is 21.6 Å². The number of fused-ring (bicyclic) bond motifs is 1. The van der Waals surface area contributed by atoms with Gasteiger partial charge in [0.25, 0.3) is 5.89 Å². The maximum atomic E-state index is 6.43. The third-order valence-corrected chi connectivity index (χ3v) is 5.22. The van der Waals surface area contributed by atoms with Gasteiger partial charge in [0.15, 0.2) is 0 Å². The van der Waals surface area contributed by atoms with Gasteiger partial charge in [-0.3, -0.25) is 0 Å². The van der Waals surface area contributed by atoms with Crippen molar-refractivity contribution in [3.63, 3.8) is 0 Å². The maximum Gasteiger partial charge on any atom is 0.258 e. The quantitative estimate of drug-likeness (QED) is 0.321. The van der Waals surface area contributed by atoms with Gasteiger partial charge in [-0.1, -0.05) is 42.2 Å². The molecule has 0 radical (unpaired) electrons. The van der Waals surface area contributed by atoms with Gasteiger partial charge in [0.1, 0.15) is 5.75 Å². The van der Waals surface area contributed by atoms with E-state index in [9.17, 15) is 0 Å². The van der Waals surface area contributed by atoms with Crippen LogP contribution in [0.25, 0.3) is 33.7 Å². The minimum absolute atomic E-state index is 0.402. The summed E-state index contributed by atoms with van der Waals surface area (Å²) < 4.78 is 13.2. The number of aryl methyl sites for hydroxylation is 1. The molecule has 0 amide bonds. The Morgan fingerprint density at radius 2 is 1.83 bits per heavy atom. The van der Waals surface area contributed by atoms with Crippen LogP contribution in [0.5, 0.6) is 5.75 Å². The summed E-state index contributed by atoms with van der Waals surface area (Å²) in [6.07, 6.45) is 3.92. The summed E-state index contributed by atoms with van der Waals surface area (Å²) in [5, 5.41) is 6.34. The topological polar surface area (TPSA) is 53.1 Å². The molecule has 0 aliphatic heterocycles. The van der Waals surface area contributed by atoms with Crippen molar-refractivity contribution >= 4 is 34.1 Å². The number of rotatable bonds is 7. The Morgan fingerprint density at radius 1 is 1.00 bits per heavy atom. The van der Waals surface area contributed by atoms with E-state index in [1.165, 1.54) is 0 Å². The van der Waals surface area contributed by atoms with Crippen molar-refractivity contribution < 1.29 is 9.26 Å². The molecule has 0 N–H and O–H groups in total. The molecule has 0 saturated heterocycles. The number of nitrogens with zero attached hydrogens (tertiary/aromatic N) is 3. The Hall–Kier alpha value is -2.50. The predicted molar refractivity (Wildman–Crippen MR) is 117 cm³/mol. The Morgan fingerprint density at radius 3 is 2.59 bits per heavy atom. The first-order valence-corrected chi connectivity index (χ1v) is 10.4. The molecule has 0 unspecified atom stereocenters. The lowest BCUT2D eigenvalue weighted by atomic mass is 10.1. The molecule has 0 spiro atoms. The number of benzene rings is 2. The number of hydrogen-bond donors (Lipinski definition) is 0. The van der Waals surface area contributed by atoms with Crippen LogP contribution >= 0.6 is 23.2 Å². The average Bonchev–Trinajstić information content (AvgIpc) is 3.33. The molecule has 150 valence electrons. The molecule has 0 aliphatic carbocycles. The minimum Gasteiger partial charge on any atom is -0.492 e. The average molecular weight is 430 g/mol. The Bertz CT molecular complexity index is 1150. The van der Waals surface area contributed by atoms with Crippen molar-refractivity contribution in [2.75, 3.05) is 6.61 Å². The van der Waals surface area contributed by atoms with E-state index in [1.807, 2.05) is 43.5 Å². The van der Waals surface area contributed by atoms with E-state index in [1.54, 1.807) is 6.07 Å². The predicted octanol–water partition coefficient (Wildman–Crippen LogP) is 6.86. The fraction of sp³-hybridized carbons (Fsp3) is 0.273. The van der Waals surface area contributed by atoms with Gasteiger partial charge in [-0.05, 0) is 49.2 Å². The number of halogens is 2. The molecule has 0 atom stereocenters. The van der Waals surface area contributed by atoms with Crippen LogP contribution in [0.3, 0.4) is 0 Å². The lowest BCUT2D eigenvalue weighted by Crippen LogP contribution is -1.95. The molecular weight excluding hydrogens is 409 g/mol. The third-order valence-electron chi connectivity index (χ3n) is 4.62. The summed E-state index contributed by atoms with van der Waals surface area (Å²) in [4.78, 5) is 4.54. The van der Waals surface area contributed by atoms with Gasteiger partial charge < -0.3 is 13.8 Å². The molecule has 7 heteroatoms. The summed E-state index contributed by atoms with van der Waals surface area (Å²) >= 11 is 12.7. The van der Waals surface area contributed by atoms with Gasteiger partial charge in [0.2, 0.25) is 5.82 Å². The van der Waals surface area contributed by atoms with Gasteiger partial charge in [0.05, 0.1) is 16.7 Å².